The predicted molar refractivity (Wildman–Crippen MR) is 74.0 cm³/mol. The molecular weight excluding hydrogens is 242 g/mol. The van der Waals surface area contributed by atoms with E-state index in [1.807, 2.05) is 41.2 Å². The first-order valence-corrected chi connectivity index (χ1v) is 6.39. The van der Waals surface area contributed by atoms with Gasteiger partial charge in [0.15, 0.2) is 0 Å². The molecule has 0 aliphatic rings. The highest BCUT2D eigenvalue weighted by Crippen LogP contribution is 2.07. The number of para-hydroxylation sites is 1. The highest BCUT2D eigenvalue weighted by atomic mass is 16.5. The number of rotatable bonds is 8. The average Bonchev–Trinajstić information content (AvgIpc) is 2.85. The number of hydrogen-bond acceptors (Lipinski definition) is 4. The summed E-state index contributed by atoms with van der Waals surface area (Å²) in [6, 6.07) is 11.5. The second-order valence-electron chi connectivity index (χ2n) is 4.13. The Morgan fingerprint density at radius 1 is 1.05 bits per heavy atom. The molecule has 0 unspecified atom stereocenters. The number of anilines is 1. The first kappa shape index (κ1) is 13.4. The van der Waals surface area contributed by atoms with Crippen LogP contribution in [0.2, 0.25) is 0 Å². The van der Waals surface area contributed by atoms with E-state index in [2.05, 4.69) is 5.10 Å². The van der Waals surface area contributed by atoms with E-state index in [1.165, 1.54) is 0 Å². The van der Waals surface area contributed by atoms with Crippen molar-refractivity contribution < 1.29 is 9.47 Å². The summed E-state index contributed by atoms with van der Waals surface area (Å²) >= 11 is 0. The summed E-state index contributed by atoms with van der Waals surface area (Å²) in [5.41, 5.74) is 5.52. The van der Waals surface area contributed by atoms with E-state index < -0.39 is 0 Å². The maximum atomic E-state index is 5.52. The molecule has 0 saturated heterocycles. The van der Waals surface area contributed by atoms with Gasteiger partial charge in [-0.25, -0.2) is 0 Å². The third kappa shape index (κ3) is 5.01. The van der Waals surface area contributed by atoms with Crippen molar-refractivity contribution in [3.63, 3.8) is 0 Å². The third-order valence-corrected chi connectivity index (χ3v) is 2.58. The zero-order valence-corrected chi connectivity index (χ0v) is 10.9. The van der Waals surface area contributed by atoms with Crippen molar-refractivity contribution in [2.24, 2.45) is 0 Å². The van der Waals surface area contributed by atoms with Gasteiger partial charge < -0.3 is 15.2 Å². The van der Waals surface area contributed by atoms with Gasteiger partial charge in [0.1, 0.15) is 18.2 Å². The fourth-order valence-corrected chi connectivity index (χ4v) is 1.67. The van der Waals surface area contributed by atoms with E-state index in [4.69, 9.17) is 15.2 Å². The molecule has 2 N–H and O–H groups in total. The van der Waals surface area contributed by atoms with E-state index in [9.17, 15) is 0 Å². The molecule has 2 aromatic rings. The second kappa shape index (κ2) is 7.43. The van der Waals surface area contributed by atoms with Crippen LogP contribution in [-0.4, -0.2) is 29.6 Å². The fourth-order valence-electron chi connectivity index (χ4n) is 1.67. The van der Waals surface area contributed by atoms with Gasteiger partial charge in [-0.05, 0) is 24.6 Å². The molecule has 0 bridgehead atoms. The predicted octanol–water partition coefficient (Wildman–Crippen LogP) is 1.95. The average molecular weight is 261 g/mol. The SMILES string of the molecule is Nc1ccn(CCCOCCOc2ccccc2)n1. The van der Waals surface area contributed by atoms with Crippen LogP contribution in [0.15, 0.2) is 42.6 Å². The minimum atomic E-state index is 0.553. The van der Waals surface area contributed by atoms with Crippen molar-refractivity contribution in [2.75, 3.05) is 25.6 Å². The zero-order chi connectivity index (χ0) is 13.3. The first-order valence-electron chi connectivity index (χ1n) is 6.39. The first-order chi connectivity index (χ1) is 9.34. The highest BCUT2D eigenvalue weighted by Gasteiger charge is 1.95. The molecule has 0 aliphatic carbocycles. The Balaban J connectivity index is 1.48. The summed E-state index contributed by atoms with van der Waals surface area (Å²) in [6.07, 6.45) is 2.78. The molecule has 0 amide bonds. The Labute approximate surface area is 112 Å². The molecule has 0 atom stereocenters. The lowest BCUT2D eigenvalue weighted by Gasteiger charge is -2.07. The number of aromatic nitrogens is 2. The van der Waals surface area contributed by atoms with E-state index in [1.54, 1.807) is 6.07 Å². The van der Waals surface area contributed by atoms with Gasteiger partial charge in [-0.1, -0.05) is 18.2 Å². The number of nitrogen functional groups attached to an aromatic ring is 1. The molecule has 0 spiro atoms. The van der Waals surface area contributed by atoms with Crippen LogP contribution in [0.25, 0.3) is 0 Å². The fraction of sp³-hybridized carbons (Fsp3) is 0.357. The molecule has 5 nitrogen and oxygen atoms in total. The van der Waals surface area contributed by atoms with Crippen LogP contribution in [0, 0.1) is 0 Å². The lowest BCUT2D eigenvalue weighted by Crippen LogP contribution is -2.09. The van der Waals surface area contributed by atoms with Crippen LogP contribution in [0.5, 0.6) is 5.75 Å². The largest absolute Gasteiger partial charge is 0.491 e. The van der Waals surface area contributed by atoms with Crippen molar-refractivity contribution in [1.29, 1.82) is 0 Å². The van der Waals surface area contributed by atoms with Crippen LogP contribution in [0.1, 0.15) is 6.42 Å². The number of nitrogens with zero attached hydrogens (tertiary/aromatic N) is 2. The number of nitrogens with two attached hydrogens (primary N) is 1. The van der Waals surface area contributed by atoms with Gasteiger partial charge >= 0.3 is 0 Å². The lowest BCUT2D eigenvalue weighted by atomic mass is 10.3. The Bertz CT molecular complexity index is 471. The van der Waals surface area contributed by atoms with Gasteiger partial charge in [0.05, 0.1) is 6.61 Å². The lowest BCUT2D eigenvalue weighted by molar-refractivity contribution is 0.0958. The molecule has 1 aromatic carbocycles. The number of aryl methyl sites for hydroxylation is 1. The summed E-state index contributed by atoms with van der Waals surface area (Å²) in [4.78, 5) is 0. The van der Waals surface area contributed by atoms with Crippen LogP contribution in [0.4, 0.5) is 5.82 Å². The number of hydrogen-bond donors (Lipinski definition) is 1. The van der Waals surface area contributed by atoms with E-state index in [-0.39, 0.29) is 0 Å². The van der Waals surface area contributed by atoms with Crippen LogP contribution >= 0.6 is 0 Å². The van der Waals surface area contributed by atoms with Gasteiger partial charge in [-0.3, -0.25) is 4.68 Å². The standard InChI is InChI=1S/C14H19N3O2/c15-14-7-9-17(16-14)8-4-10-18-11-12-19-13-5-2-1-3-6-13/h1-3,5-7,9H,4,8,10-12H2,(H2,15,16). The smallest absolute Gasteiger partial charge is 0.145 e. The molecule has 0 saturated carbocycles. The van der Waals surface area contributed by atoms with Gasteiger partial charge in [0.25, 0.3) is 0 Å². The van der Waals surface area contributed by atoms with Gasteiger partial charge in [-0.15, -0.1) is 0 Å². The Morgan fingerprint density at radius 2 is 1.89 bits per heavy atom. The Hall–Kier alpha value is -2.01. The van der Waals surface area contributed by atoms with Crippen molar-refractivity contribution >= 4 is 5.82 Å². The Morgan fingerprint density at radius 3 is 2.63 bits per heavy atom. The molecule has 0 aliphatic heterocycles. The van der Waals surface area contributed by atoms with Crippen LogP contribution in [0.3, 0.4) is 0 Å². The van der Waals surface area contributed by atoms with Crippen molar-refractivity contribution in [3.05, 3.63) is 42.6 Å². The molecule has 19 heavy (non-hydrogen) atoms. The molecule has 2 rings (SSSR count). The molecule has 5 heteroatoms. The molecule has 1 aromatic heterocycles. The second-order valence-corrected chi connectivity index (χ2v) is 4.13. The quantitative estimate of drug-likeness (QED) is 0.738. The van der Waals surface area contributed by atoms with Crippen LogP contribution < -0.4 is 10.5 Å². The summed E-state index contributed by atoms with van der Waals surface area (Å²) < 4.78 is 12.8. The topological polar surface area (TPSA) is 62.3 Å². The summed E-state index contributed by atoms with van der Waals surface area (Å²) in [7, 11) is 0. The van der Waals surface area contributed by atoms with Gasteiger partial charge in [0, 0.05) is 19.3 Å². The van der Waals surface area contributed by atoms with E-state index >= 15 is 0 Å². The molecular formula is C14H19N3O2. The maximum absolute atomic E-state index is 5.52. The number of benzene rings is 1. The normalized spacial score (nSPS) is 10.5. The molecule has 1 heterocycles. The number of ether oxygens (including phenoxy) is 2. The van der Waals surface area contributed by atoms with Crippen molar-refractivity contribution in [1.82, 2.24) is 9.78 Å². The summed E-state index contributed by atoms with van der Waals surface area (Å²) in [5.74, 6) is 1.43. The molecule has 0 fully saturated rings. The maximum Gasteiger partial charge on any atom is 0.145 e. The van der Waals surface area contributed by atoms with Crippen molar-refractivity contribution in [3.8, 4) is 5.75 Å². The van der Waals surface area contributed by atoms with E-state index in [0.29, 0.717) is 25.6 Å². The monoisotopic (exact) mass is 261 g/mol. The summed E-state index contributed by atoms with van der Waals surface area (Å²) in [5, 5.41) is 4.10. The minimum absolute atomic E-state index is 0.553. The highest BCUT2D eigenvalue weighted by molar-refractivity contribution is 5.23. The molecule has 0 radical (unpaired) electrons. The third-order valence-electron chi connectivity index (χ3n) is 2.58. The molecule has 102 valence electrons. The summed E-state index contributed by atoms with van der Waals surface area (Å²) in [6.45, 7) is 2.67. The zero-order valence-electron chi connectivity index (χ0n) is 10.9. The van der Waals surface area contributed by atoms with Gasteiger partial charge in [0.2, 0.25) is 0 Å². The van der Waals surface area contributed by atoms with Crippen molar-refractivity contribution in [2.45, 2.75) is 13.0 Å². The Kier molecular flexibility index (Phi) is 5.25. The van der Waals surface area contributed by atoms with Gasteiger partial charge in [-0.2, -0.15) is 5.10 Å². The van der Waals surface area contributed by atoms with Crippen LogP contribution in [-0.2, 0) is 11.3 Å². The van der Waals surface area contributed by atoms with E-state index in [0.717, 1.165) is 18.7 Å². The minimum Gasteiger partial charge on any atom is -0.491 e.